The van der Waals surface area contributed by atoms with Crippen molar-refractivity contribution in [3.63, 3.8) is 0 Å². The molecule has 1 atom stereocenters. The average Bonchev–Trinajstić information content (AvgIpc) is 2.63. The third-order valence-corrected chi connectivity index (χ3v) is 4.22. The van der Waals surface area contributed by atoms with E-state index in [1.54, 1.807) is 30.3 Å². The summed E-state index contributed by atoms with van der Waals surface area (Å²) < 4.78 is 16.2. The van der Waals surface area contributed by atoms with Crippen LogP contribution in [0.15, 0.2) is 36.4 Å². The van der Waals surface area contributed by atoms with Crippen molar-refractivity contribution in [3.8, 4) is 17.2 Å². The van der Waals surface area contributed by atoms with Gasteiger partial charge in [-0.3, -0.25) is 9.59 Å². The van der Waals surface area contributed by atoms with Crippen LogP contribution in [0.5, 0.6) is 17.2 Å². The summed E-state index contributed by atoms with van der Waals surface area (Å²) in [6.07, 6.45) is 0. The van der Waals surface area contributed by atoms with Crippen LogP contribution >= 0.6 is 0 Å². The number of rotatable bonds is 4. The largest absolute Gasteiger partial charge is 0.497 e. The summed E-state index contributed by atoms with van der Waals surface area (Å²) in [6, 6.07) is 10.3. The molecule has 1 aliphatic heterocycles. The van der Waals surface area contributed by atoms with Gasteiger partial charge in [0.1, 0.15) is 17.2 Å². The Labute approximate surface area is 151 Å². The standard InChI is InChI=1S/C19H20N2O5/c1-11-5-8-15-14(9-11)21-18(23)19(2,26-15)17(22)20-13-7-6-12(24-3)10-16(13)25-4/h5-10H,1-4H3,(H,20,22)(H,21,23). The molecule has 2 aromatic carbocycles. The minimum Gasteiger partial charge on any atom is -0.497 e. The van der Waals surface area contributed by atoms with Gasteiger partial charge in [0, 0.05) is 6.07 Å². The number of carbonyl (C=O) groups excluding carboxylic acids is 2. The summed E-state index contributed by atoms with van der Waals surface area (Å²) in [5.41, 5.74) is 0.212. The molecular formula is C19H20N2O5. The highest BCUT2D eigenvalue weighted by atomic mass is 16.5. The molecule has 136 valence electrons. The van der Waals surface area contributed by atoms with Gasteiger partial charge in [0.2, 0.25) is 0 Å². The molecule has 0 saturated carbocycles. The van der Waals surface area contributed by atoms with E-state index in [0.717, 1.165) is 5.56 Å². The van der Waals surface area contributed by atoms with Crippen molar-refractivity contribution >= 4 is 23.2 Å². The molecule has 1 unspecified atom stereocenters. The highest BCUT2D eigenvalue weighted by molar-refractivity contribution is 6.19. The molecule has 0 bridgehead atoms. The van der Waals surface area contributed by atoms with Crippen molar-refractivity contribution in [3.05, 3.63) is 42.0 Å². The second-order valence-electron chi connectivity index (χ2n) is 6.11. The van der Waals surface area contributed by atoms with Crippen LogP contribution in [-0.2, 0) is 9.59 Å². The molecule has 3 rings (SSSR count). The molecule has 1 aliphatic rings. The fourth-order valence-electron chi connectivity index (χ4n) is 2.63. The molecule has 0 saturated heterocycles. The highest BCUT2D eigenvalue weighted by Gasteiger charge is 2.47. The number of hydrogen-bond donors (Lipinski definition) is 2. The quantitative estimate of drug-likeness (QED) is 0.823. The summed E-state index contributed by atoms with van der Waals surface area (Å²) in [7, 11) is 3.02. The van der Waals surface area contributed by atoms with E-state index in [4.69, 9.17) is 14.2 Å². The van der Waals surface area contributed by atoms with E-state index in [1.807, 2.05) is 13.0 Å². The van der Waals surface area contributed by atoms with E-state index in [-0.39, 0.29) is 0 Å². The molecule has 2 N–H and O–H groups in total. The number of nitrogens with one attached hydrogen (secondary N) is 2. The first-order chi connectivity index (χ1) is 12.4. The Balaban J connectivity index is 1.87. The molecule has 0 radical (unpaired) electrons. The lowest BCUT2D eigenvalue weighted by Crippen LogP contribution is -2.56. The van der Waals surface area contributed by atoms with Gasteiger partial charge in [0.05, 0.1) is 25.6 Å². The lowest BCUT2D eigenvalue weighted by molar-refractivity contribution is -0.143. The molecule has 7 nitrogen and oxygen atoms in total. The van der Waals surface area contributed by atoms with Gasteiger partial charge in [0.15, 0.2) is 0 Å². The Kier molecular flexibility index (Phi) is 4.46. The van der Waals surface area contributed by atoms with Crippen molar-refractivity contribution in [2.75, 3.05) is 24.9 Å². The van der Waals surface area contributed by atoms with Crippen molar-refractivity contribution in [1.82, 2.24) is 0 Å². The van der Waals surface area contributed by atoms with E-state index in [0.29, 0.717) is 28.6 Å². The van der Waals surface area contributed by atoms with Crippen LogP contribution in [0.3, 0.4) is 0 Å². The van der Waals surface area contributed by atoms with Crippen LogP contribution in [0.25, 0.3) is 0 Å². The molecule has 0 aliphatic carbocycles. The van der Waals surface area contributed by atoms with E-state index < -0.39 is 17.4 Å². The van der Waals surface area contributed by atoms with E-state index in [1.165, 1.54) is 21.1 Å². The SMILES string of the molecule is COc1ccc(NC(=O)C2(C)Oc3ccc(C)cc3NC2=O)c(OC)c1. The lowest BCUT2D eigenvalue weighted by Gasteiger charge is -2.33. The van der Waals surface area contributed by atoms with E-state index in [9.17, 15) is 9.59 Å². The van der Waals surface area contributed by atoms with E-state index in [2.05, 4.69) is 10.6 Å². The zero-order valence-electron chi connectivity index (χ0n) is 15.0. The zero-order chi connectivity index (χ0) is 18.9. The molecule has 0 aromatic heterocycles. The number of hydrogen-bond acceptors (Lipinski definition) is 5. The van der Waals surface area contributed by atoms with Crippen LogP contribution in [0.2, 0.25) is 0 Å². The number of benzene rings is 2. The molecular weight excluding hydrogens is 336 g/mol. The predicted octanol–water partition coefficient (Wildman–Crippen LogP) is 2.74. The predicted molar refractivity (Wildman–Crippen MR) is 97.0 cm³/mol. The van der Waals surface area contributed by atoms with E-state index >= 15 is 0 Å². The van der Waals surface area contributed by atoms with Crippen molar-refractivity contribution in [2.24, 2.45) is 0 Å². The Bertz CT molecular complexity index is 880. The van der Waals surface area contributed by atoms with Crippen LogP contribution in [0.4, 0.5) is 11.4 Å². The summed E-state index contributed by atoms with van der Waals surface area (Å²) in [6.45, 7) is 3.33. The fraction of sp³-hybridized carbons (Fsp3) is 0.263. The maximum atomic E-state index is 12.8. The summed E-state index contributed by atoms with van der Waals surface area (Å²) in [4.78, 5) is 25.3. The Morgan fingerprint density at radius 1 is 1.15 bits per heavy atom. The Morgan fingerprint density at radius 3 is 2.62 bits per heavy atom. The number of ether oxygens (including phenoxy) is 3. The van der Waals surface area contributed by atoms with Gasteiger partial charge < -0.3 is 24.8 Å². The monoisotopic (exact) mass is 356 g/mol. The average molecular weight is 356 g/mol. The summed E-state index contributed by atoms with van der Waals surface area (Å²) in [5.74, 6) is 0.287. The van der Waals surface area contributed by atoms with Crippen LogP contribution < -0.4 is 24.8 Å². The first-order valence-corrected chi connectivity index (χ1v) is 8.02. The second-order valence-corrected chi connectivity index (χ2v) is 6.11. The van der Waals surface area contributed by atoms with Gasteiger partial charge in [-0.25, -0.2) is 0 Å². The van der Waals surface area contributed by atoms with Crippen molar-refractivity contribution in [2.45, 2.75) is 19.4 Å². The summed E-state index contributed by atoms with van der Waals surface area (Å²) in [5, 5.41) is 5.42. The minimum atomic E-state index is -1.72. The van der Waals surface area contributed by atoms with Crippen LogP contribution in [0, 0.1) is 6.92 Å². The third-order valence-electron chi connectivity index (χ3n) is 4.22. The normalized spacial score (nSPS) is 18.2. The van der Waals surface area contributed by atoms with Gasteiger partial charge in [-0.15, -0.1) is 0 Å². The first kappa shape index (κ1) is 17.6. The number of anilines is 2. The molecule has 7 heteroatoms. The molecule has 26 heavy (non-hydrogen) atoms. The number of methoxy groups -OCH3 is 2. The maximum absolute atomic E-state index is 12.8. The maximum Gasteiger partial charge on any atom is 0.278 e. The van der Waals surface area contributed by atoms with Gasteiger partial charge >= 0.3 is 0 Å². The van der Waals surface area contributed by atoms with Gasteiger partial charge in [-0.2, -0.15) is 0 Å². The molecule has 2 aromatic rings. The van der Waals surface area contributed by atoms with Gasteiger partial charge in [0.25, 0.3) is 17.4 Å². The molecule has 0 fully saturated rings. The number of aryl methyl sites for hydroxylation is 1. The second kappa shape index (κ2) is 6.59. The number of amides is 2. The zero-order valence-corrected chi connectivity index (χ0v) is 15.0. The third kappa shape index (κ3) is 3.03. The van der Waals surface area contributed by atoms with Gasteiger partial charge in [-0.1, -0.05) is 6.07 Å². The molecule has 2 amide bonds. The molecule has 1 heterocycles. The lowest BCUT2D eigenvalue weighted by atomic mass is 10.0. The van der Waals surface area contributed by atoms with Crippen LogP contribution in [-0.4, -0.2) is 31.6 Å². The Hall–Kier alpha value is -3.22. The van der Waals surface area contributed by atoms with Crippen molar-refractivity contribution < 1.29 is 23.8 Å². The number of carbonyl (C=O) groups is 2. The minimum absolute atomic E-state index is 0.408. The highest BCUT2D eigenvalue weighted by Crippen LogP contribution is 2.36. The molecule has 0 spiro atoms. The smallest absolute Gasteiger partial charge is 0.278 e. The number of fused-ring (bicyclic) bond motifs is 1. The Morgan fingerprint density at radius 2 is 1.92 bits per heavy atom. The topological polar surface area (TPSA) is 85.9 Å². The van der Waals surface area contributed by atoms with Crippen molar-refractivity contribution in [1.29, 1.82) is 0 Å². The summed E-state index contributed by atoms with van der Waals surface area (Å²) >= 11 is 0. The van der Waals surface area contributed by atoms with Gasteiger partial charge in [-0.05, 0) is 43.7 Å². The first-order valence-electron chi connectivity index (χ1n) is 8.02. The van der Waals surface area contributed by atoms with Crippen LogP contribution in [0.1, 0.15) is 12.5 Å². The fourth-order valence-corrected chi connectivity index (χ4v) is 2.63.